The Bertz CT molecular complexity index is 725. The molecule has 0 amide bonds. The highest BCUT2D eigenvalue weighted by Crippen LogP contribution is 2.30. The molecule has 2 aromatic carbocycles. The second kappa shape index (κ2) is 8.90. The van der Waals surface area contributed by atoms with Gasteiger partial charge in [-0.25, -0.2) is 0 Å². The number of ether oxygens (including phenoxy) is 1. The first-order valence-electron chi connectivity index (χ1n) is 7.46. The first-order valence-corrected chi connectivity index (χ1v) is 8.64. The lowest BCUT2D eigenvalue weighted by Crippen LogP contribution is -2.03. The lowest BCUT2D eigenvalue weighted by Gasteiger charge is -2.13. The van der Waals surface area contributed by atoms with Crippen LogP contribution >= 0.6 is 27.5 Å². The molecule has 0 N–H and O–H groups in total. The molecule has 0 radical (unpaired) electrons. The van der Waals surface area contributed by atoms with Crippen LogP contribution < -0.4 is 4.74 Å². The first kappa shape index (κ1) is 17.8. The van der Waals surface area contributed by atoms with Gasteiger partial charge >= 0.3 is 0 Å². The number of halogens is 2. The molecule has 4 heteroatoms. The average molecular weight is 393 g/mol. The Morgan fingerprint density at radius 2 is 2.00 bits per heavy atom. The van der Waals surface area contributed by atoms with Crippen LogP contribution in [0.5, 0.6) is 5.75 Å². The van der Waals surface area contributed by atoms with Crippen molar-refractivity contribution in [3.05, 3.63) is 69.2 Å². The smallest absolute Gasteiger partial charge is 0.128 e. The van der Waals surface area contributed by atoms with Crippen LogP contribution in [0.1, 0.15) is 25.0 Å². The Morgan fingerprint density at radius 3 is 2.70 bits per heavy atom. The van der Waals surface area contributed by atoms with Crippen LogP contribution in [0.2, 0.25) is 5.02 Å². The van der Waals surface area contributed by atoms with E-state index in [4.69, 9.17) is 16.3 Å². The fraction of sp³-hybridized carbons (Fsp3) is 0.211. The zero-order valence-electron chi connectivity index (χ0n) is 13.2. The first-order chi connectivity index (χ1) is 11.2. The van der Waals surface area contributed by atoms with Gasteiger partial charge in [-0.3, -0.25) is 4.99 Å². The molecule has 0 saturated carbocycles. The van der Waals surface area contributed by atoms with Crippen molar-refractivity contribution < 1.29 is 4.74 Å². The second-order valence-electron chi connectivity index (χ2n) is 4.89. The van der Waals surface area contributed by atoms with Crippen molar-refractivity contribution in [1.29, 1.82) is 0 Å². The molecule has 0 unspecified atom stereocenters. The minimum Gasteiger partial charge on any atom is -0.493 e. The maximum absolute atomic E-state index is 6.18. The third-order valence-electron chi connectivity index (χ3n) is 3.35. The number of benzene rings is 2. The van der Waals surface area contributed by atoms with E-state index in [1.165, 1.54) is 0 Å². The van der Waals surface area contributed by atoms with Crippen molar-refractivity contribution in [2.75, 3.05) is 6.61 Å². The number of rotatable bonds is 6. The molecule has 23 heavy (non-hydrogen) atoms. The van der Waals surface area contributed by atoms with E-state index in [2.05, 4.69) is 20.9 Å². The number of aliphatic imine (C=N–C) groups is 1. The van der Waals surface area contributed by atoms with E-state index in [9.17, 15) is 0 Å². The monoisotopic (exact) mass is 391 g/mol. The Hall–Kier alpha value is -1.58. The predicted molar refractivity (Wildman–Crippen MR) is 103 cm³/mol. The summed E-state index contributed by atoms with van der Waals surface area (Å²) in [6, 6.07) is 13.8. The van der Waals surface area contributed by atoms with Crippen molar-refractivity contribution in [3.8, 4) is 5.75 Å². The molecular formula is C19H19BrClNO. The molecule has 0 bridgehead atoms. The molecule has 0 aromatic heterocycles. The van der Waals surface area contributed by atoms with Gasteiger partial charge in [-0.1, -0.05) is 51.8 Å². The number of hydrogen-bond donors (Lipinski definition) is 0. The van der Waals surface area contributed by atoms with Crippen LogP contribution in [-0.2, 0) is 6.42 Å². The highest BCUT2D eigenvalue weighted by Gasteiger charge is 2.09. The molecule has 0 heterocycles. The van der Waals surface area contributed by atoms with Crippen LogP contribution in [0.15, 0.2) is 58.0 Å². The van der Waals surface area contributed by atoms with Gasteiger partial charge in [0.1, 0.15) is 5.75 Å². The Balaban J connectivity index is 2.15. The largest absolute Gasteiger partial charge is 0.493 e. The molecule has 2 nitrogen and oxygen atoms in total. The molecule has 0 fully saturated rings. The van der Waals surface area contributed by atoms with Gasteiger partial charge in [-0.05, 0) is 43.7 Å². The summed E-state index contributed by atoms with van der Waals surface area (Å²) in [6.45, 7) is 4.43. The molecule has 0 spiro atoms. The summed E-state index contributed by atoms with van der Waals surface area (Å²) in [5.41, 5.74) is 2.95. The van der Waals surface area contributed by atoms with Gasteiger partial charge in [-0.2, -0.15) is 0 Å². The predicted octanol–water partition coefficient (Wildman–Crippen LogP) is 6.18. The SMILES string of the molecule is CC=N/C(=C\C)c1cc(Br)ccc1OCCc1ccccc1Cl. The summed E-state index contributed by atoms with van der Waals surface area (Å²) in [4.78, 5) is 4.41. The normalized spacial score (nSPS) is 11.9. The fourth-order valence-corrected chi connectivity index (χ4v) is 2.83. The van der Waals surface area contributed by atoms with Gasteiger partial charge in [0.25, 0.3) is 0 Å². The summed E-state index contributed by atoms with van der Waals surface area (Å²) in [6.07, 6.45) is 4.52. The lowest BCUT2D eigenvalue weighted by molar-refractivity contribution is 0.321. The third-order valence-corrected chi connectivity index (χ3v) is 4.21. The van der Waals surface area contributed by atoms with E-state index in [1.807, 2.05) is 62.4 Å². The third kappa shape index (κ3) is 4.95. The van der Waals surface area contributed by atoms with Gasteiger partial charge in [0, 0.05) is 27.7 Å². The lowest BCUT2D eigenvalue weighted by atomic mass is 10.1. The molecule has 0 aliphatic carbocycles. The number of hydrogen-bond acceptors (Lipinski definition) is 2. The van der Waals surface area contributed by atoms with Crippen molar-refractivity contribution in [2.45, 2.75) is 20.3 Å². The zero-order chi connectivity index (χ0) is 16.7. The fourth-order valence-electron chi connectivity index (χ4n) is 2.24. The minimum absolute atomic E-state index is 0.561. The summed E-state index contributed by atoms with van der Waals surface area (Å²) in [7, 11) is 0. The maximum atomic E-state index is 6.18. The standard InChI is InChI=1S/C19H19BrClNO/c1-3-18(22-4-2)16-13-15(20)9-10-19(16)23-12-11-14-7-5-6-8-17(14)21/h3-10,13H,11-12H2,1-2H3/b18-3-,22-4?. The van der Waals surface area contributed by atoms with Crippen LogP contribution in [0.4, 0.5) is 0 Å². The number of nitrogens with zero attached hydrogens (tertiary/aromatic N) is 1. The van der Waals surface area contributed by atoms with E-state index in [-0.39, 0.29) is 0 Å². The van der Waals surface area contributed by atoms with Crippen molar-refractivity contribution in [1.82, 2.24) is 0 Å². The molecule has 0 aliphatic heterocycles. The van der Waals surface area contributed by atoms with E-state index in [0.717, 1.165) is 38.5 Å². The van der Waals surface area contributed by atoms with Crippen molar-refractivity contribution in [3.63, 3.8) is 0 Å². The van der Waals surface area contributed by atoms with Crippen LogP contribution in [0.25, 0.3) is 5.70 Å². The van der Waals surface area contributed by atoms with E-state index in [0.29, 0.717) is 6.61 Å². The van der Waals surface area contributed by atoms with Gasteiger partial charge in [0.2, 0.25) is 0 Å². The summed E-state index contributed by atoms with van der Waals surface area (Å²) >= 11 is 9.69. The second-order valence-corrected chi connectivity index (χ2v) is 6.21. The van der Waals surface area contributed by atoms with Crippen LogP contribution in [0, 0.1) is 0 Å². The Morgan fingerprint density at radius 1 is 1.22 bits per heavy atom. The van der Waals surface area contributed by atoms with Gasteiger partial charge in [0.15, 0.2) is 0 Å². The summed E-state index contributed by atoms with van der Waals surface area (Å²) in [5, 5.41) is 0.775. The molecule has 0 aliphatic rings. The summed E-state index contributed by atoms with van der Waals surface area (Å²) in [5.74, 6) is 0.818. The highest BCUT2D eigenvalue weighted by atomic mass is 79.9. The average Bonchev–Trinajstić information content (AvgIpc) is 2.55. The van der Waals surface area contributed by atoms with E-state index < -0.39 is 0 Å². The zero-order valence-corrected chi connectivity index (χ0v) is 15.6. The van der Waals surface area contributed by atoms with Crippen LogP contribution in [-0.4, -0.2) is 12.8 Å². The highest BCUT2D eigenvalue weighted by molar-refractivity contribution is 9.10. The Kier molecular flexibility index (Phi) is 6.87. The van der Waals surface area contributed by atoms with Crippen molar-refractivity contribution >= 4 is 39.4 Å². The molecule has 2 aromatic rings. The quantitative estimate of drug-likeness (QED) is 0.538. The van der Waals surface area contributed by atoms with Gasteiger partial charge < -0.3 is 4.74 Å². The van der Waals surface area contributed by atoms with Gasteiger partial charge in [-0.15, -0.1) is 0 Å². The summed E-state index contributed by atoms with van der Waals surface area (Å²) < 4.78 is 6.98. The molecule has 120 valence electrons. The Labute approximate surface area is 151 Å². The molecule has 0 atom stereocenters. The van der Waals surface area contributed by atoms with E-state index in [1.54, 1.807) is 6.21 Å². The maximum Gasteiger partial charge on any atom is 0.128 e. The topological polar surface area (TPSA) is 21.6 Å². The molecule has 0 saturated heterocycles. The molecular weight excluding hydrogens is 374 g/mol. The van der Waals surface area contributed by atoms with Crippen LogP contribution in [0.3, 0.4) is 0 Å². The van der Waals surface area contributed by atoms with Crippen molar-refractivity contribution in [2.24, 2.45) is 4.99 Å². The number of allylic oxidation sites excluding steroid dienone is 1. The molecule has 2 rings (SSSR count). The van der Waals surface area contributed by atoms with Gasteiger partial charge in [0.05, 0.1) is 12.3 Å². The minimum atomic E-state index is 0.561. The van der Waals surface area contributed by atoms with E-state index >= 15 is 0 Å².